The Balaban J connectivity index is 0.761. The molecule has 18 nitrogen and oxygen atoms in total. The predicted molar refractivity (Wildman–Crippen MR) is 275 cm³/mol. The molecule has 5 aromatic rings. The normalized spacial score (nSPS) is 23.9. The van der Waals surface area contributed by atoms with Gasteiger partial charge in [-0.1, -0.05) is 13.8 Å². The van der Waals surface area contributed by atoms with E-state index in [1.165, 1.54) is 17.5 Å². The van der Waals surface area contributed by atoms with E-state index in [4.69, 9.17) is 18.8 Å². The number of aliphatic hydroxyl groups is 1. The third-order valence-corrected chi connectivity index (χ3v) is 15.8. The number of rotatable bonds is 10. The van der Waals surface area contributed by atoms with Crippen LogP contribution in [0.3, 0.4) is 0 Å². The van der Waals surface area contributed by atoms with Gasteiger partial charge in [0.05, 0.1) is 39.8 Å². The van der Waals surface area contributed by atoms with Crippen molar-refractivity contribution in [1.29, 1.82) is 0 Å². The van der Waals surface area contributed by atoms with E-state index in [2.05, 4.69) is 62.6 Å². The fourth-order valence-electron chi connectivity index (χ4n) is 12.4. The minimum Gasteiger partial charge on any atom is -0.480 e. The molecular weight excluding hydrogens is 927 g/mol. The SMILES string of the molecule is [2H]C([2H])([2H])Oc1ncc(-c2ccnc(N3CCn4c(cc5c4CC(C)(C)C5)C3=O)c2C(C)(C)O)cc1Nc1ccc(N2CCN(C3CCN(c4ccc5c(c4)C(=O)N([C@H]4CCC(=O)NC4=O)C5=O)[C@H](C)C3)C[C@@H]2C)cn1. The summed E-state index contributed by atoms with van der Waals surface area (Å²) < 4.78 is 31.3. The number of ether oxygens (including phenoxy) is 1. The molecular formula is C55H63N11O7. The van der Waals surface area contributed by atoms with Gasteiger partial charge in [-0.15, -0.1) is 0 Å². The molecule has 5 amide bonds. The number of hydrogen-bond acceptors (Lipinski definition) is 14. The maximum absolute atomic E-state index is 14.3. The van der Waals surface area contributed by atoms with E-state index in [1.54, 1.807) is 55.4 Å². The van der Waals surface area contributed by atoms with Crippen molar-refractivity contribution in [2.24, 2.45) is 5.41 Å². The van der Waals surface area contributed by atoms with Crippen LogP contribution in [0.5, 0.6) is 5.88 Å². The summed E-state index contributed by atoms with van der Waals surface area (Å²) in [7, 11) is -2.81. The highest BCUT2D eigenvalue weighted by Gasteiger charge is 2.46. The number of nitrogens with zero attached hydrogens (tertiary/aromatic N) is 9. The number of fused-ring (bicyclic) bond motifs is 4. The minimum atomic E-state index is -2.81. The molecule has 11 rings (SSSR count). The molecule has 5 aliphatic heterocycles. The summed E-state index contributed by atoms with van der Waals surface area (Å²) in [4.78, 5) is 89.2. The van der Waals surface area contributed by atoms with Crippen molar-refractivity contribution in [1.82, 2.24) is 34.6 Å². The average molecular weight is 993 g/mol. The van der Waals surface area contributed by atoms with Gasteiger partial charge in [0.2, 0.25) is 17.7 Å². The minimum absolute atomic E-state index is 0.0647. The van der Waals surface area contributed by atoms with E-state index in [-0.39, 0.29) is 58.9 Å². The molecule has 1 aliphatic carbocycles. The number of carbonyl (C=O) groups is 5. The van der Waals surface area contributed by atoms with Crippen LogP contribution in [0.25, 0.3) is 11.1 Å². The zero-order valence-electron chi connectivity index (χ0n) is 45.1. The van der Waals surface area contributed by atoms with Crippen LogP contribution in [0.1, 0.15) is 119 Å². The number of amides is 5. The van der Waals surface area contributed by atoms with E-state index < -0.39 is 42.3 Å². The van der Waals surface area contributed by atoms with Gasteiger partial charge in [0.15, 0.2) is 0 Å². The van der Waals surface area contributed by atoms with Crippen molar-refractivity contribution in [2.45, 2.75) is 116 Å². The number of piperazine rings is 1. The lowest BCUT2D eigenvalue weighted by molar-refractivity contribution is -0.136. The van der Waals surface area contributed by atoms with E-state index in [0.717, 1.165) is 68.1 Å². The van der Waals surface area contributed by atoms with Crippen LogP contribution in [0.15, 0.2) is 67.1 Å². The highest BCUT2D eigenvalue weighted by atomic mass is 16.5. The predicted octanol–water partition coefficient (Wildman–Crippen LogP) is 6.07. The Kier molecular flexibility index (Phi) is 11.0. The molecule has 0 spiro atoms. The van der Waals surface area contributed by atoms with Gasteiger partial charge in [0, 0.05) is 98.7 Å². The first-order chi connectivity index (χ1) is 36.0. The number of benzene rings is 1. The smallest absolute Gasteiger partial charge is 0.276 e. The van der Waals surface area contributed by atoms with Crippen molar-refractivity contribution in [3.63, 3.8) is 0 Å². The molecule has 3 fully saturated rings. The number of nitrogens with one attached hydrogen (secondary N) is 2. The van der Waals surface area contributed by atoms with Crippen molar-refractivity contribution < 1.29 is 37.9 Å². The Morgan fingerprint density at radius 2 is 1.62 bits per heavy atom. The number of imide groups is 2. The molecule has 4 atom stereocenters. The average Bonchev–Trinajstić information content (AvgIpc) is 3.98. The standard InChI is InChI=1S/C55H63N11O7/c1-31-22-35(15-17-62(31)36-8-10-39-40(25-36)52(70)66(51(39)69)42-11-13-46(67)60-49(42)68)61-18-19-63(32(2)30-61)37-9-12-45(57-29-37)59-41-23-34(28-58-50(41)73-7)38-14-16-56-48(47(38)55(5,6)72)65-21-20-64-43(53(65)71)24-33-26-54(3,4)27-44(33)64/h8-10,12,14,16,23-25,28-29,31-32,35,42,72H,11,13,15,17-22,26-27,30H2,1-7H3,(H,57,59)(H,60,67,68)/t31-,32+,35?,42+/m1/s1/i7D3. The summed E-state index contributed by atoms with van der Waals surface area (Å²) in [5, 5.41) is 17.3. The topological polar surface area (TPSA) is 199 Å². The summed E-state index contributed by atoms with van der Waals surface area (Å²) in [6, 6.07) is 14.2. The van der Waals surface area contributed by atoms with E-state index >= 15 is 0 Å². The first kappa shape index (κ1) is 44.5. The summed E-state index contributed by atoms with van der Waals surface area (Å²) in [5.41, 5.74) is 5.74. The van der Waals surface area contributed by atoms with Crippen LogP contribution in [0, 0.1) is 5.41 Å². The third kappa shape index (κ3) is 8.56. The van der Waals surface area contributed by atoms with Gasteiger partial charge >= 0.3 is 0 Å². The fraction of sp³-hybridized carbons (Fsp3) is 0.455. The van der Waals surface area contributed by atoms with Crippen molar-refractivity contribution in [2.75, 3.05) is 59.8 Å². The van der Waals surface area contributed by atoms with Crippen LogP contribution in [-0.4, -0.2) is 128 Å². The van der Waals surface area contributed by atoms with Gasteiger partial charge in [-0.2, -0.15) is 0 Å². The molecule has 380 valence electrons. The fourth-order valence-corrected chi connectivity index (χ4v) is 12.4. The van der Waals surface area contributed by atoms with Gasteiger partial charge in [-0.25, -0.2) is 15.0 Å². The lowest BCUT2D eigenvalue weighted by Gasteiger charge is -2.48. The molecule has 0 bridgehead atoms. The molecule has 0 saturated carbocycles. The lowest BCUT2D eigenvalue weighted by atomic mass is 9.89. The third-order valence-electron chi connectivity index (χ3n) is 15.8. The van der Waals surface area contributed by atoms with Crippen LogP contribution >= 0.6 is 0 Å². The summed E-state index contributed by atoms with van der Waals surface area (Å²) >= 11 is 0. The monoisotopic (exact) mass is 993 g/mol. The maximum Gasteiger partial charge on any atom is 0.276 e. The number of piperidine rings is 2. The largest absolute Gasteiger partial charge is 0.480 e. The highest BCUT2D eigenvalue weighted by Crippen LogP contribution is 2.43. The molecule has 1 aromatic carbocycles. The summed E-state index contributed by atoms with van der Waals surface area (Å²) in [6.07, 6.45) is 8.66. The van der Waals surface area contributed by atoms with Gasteiger partial charge < -0.3 is 29.5 Å². The maximum atomic E-state index is 14.3. The second kappa shape index (κ2) is 18.1. The molecule has 18 heteroatoms. The zero-order chi connectivity index (χ0) is 53.7. The van der Waals surface area contributed by atoms with Crippen molar-refractivity contribution in [3.05, 3.63) is 101 Å². The molecule has 73 heavy (non-hydrogen) atoms. The van der Waals surface area contributed by atoms with Gasteiger partial charge in [0.1, 0.15) is 29.1 Å². The molecule has 1 unspecified atom stereocenters. The molecule has 3 N–H and O–H groups in total. The lowest BCUT2D eigenvalue weighted by Crippen LogP contribution is -2.58. The Hall–Kier alpha value is -7.18. The number of anilines is 5. The van der Waals surface area contributed by atoms with Crippen LogP contribution in [0.2, 0.25) is 0 Å². The van der Waals surface area contributed by atoms with Crippen molar-refractivity contribution >= 4 is 58.2 Å². The van der Waals surface area contributed by atoms with E-state index in [9.17, 15) is 29.1 Å². The van der Waals surface area contributed by atoms with Gasteiger partial charge in [-0.05, 0) is 125 Å². The Morgan fingerprint density at radius 1 is 0.822 bits per heavy atom. The molecule has 6 aliphatic rings. The molecule has 9 heterocycles. The molecule has 3 saturated heterocycles. The first-order valence-corrected chi connectivity index (χ1v) is 25.3. The summed E-state index contributed by atoms with van der Waals surface area (Å²) in [6.45, 7) is 16.3. The Morgan fingerprint density at radius 3 is 2.36 bits per heavy atom. The van der Waals surface area contributed by atoms with E-state index in [1.807, 2.05) is 24.3 Å². The zero-order valence-corrected chi connectivity index (χ0v) is 42.1. The van der Waals surface area contributed by atoms with E-state index in [0.29, 0.717) is 53.2 Å². The van der Waals surface area contributed by atoms with Crippen LogP contribution < -0.4 is 30.1 Å². The van der Waals surface area contributed by atoms with Gasteiger partial charge in [-0.3, -0.25) is 44.0 Å². The number of aromatic nitrogens is 4. The molecule has 4 aromatic heterocycles. The van der Waals surface area contributed by atoms with Crippen LogP contribution in [-0.2, 0) is 34.6 Å². The number of methoxy groups -OCH3 is 1. The summed E-state index contributed by atoms with van der Waals surface area (Å²) in [5.74, 6) is -1.67. The second-order valence-electron chi connectivity index (χ2n) is 21.9. The number of pyridine rings is 3. The highest BCUT2D eigenvalue weighted by molar-refractivity contribution is 6.23. The van der Waals surface area contributed by atoms with Crippen molar-refractivity contribution in [3.8, 4) is 17.0 Å². The first-order valence-electron chi connectivity index (χ1n) is 26.8. The number of hydrogen-bond donors (Lipinski definition) is 3. The Labute approximate surface area is 428 Å². The number of carbonyl (C=O) groups excluding carboxylic acids is 5. The van der Waals surface area contributed by atoms with Gasteiger partial charge in [0.25, 0.3) is 17.7 Å². The van der Waals surface area contributed by atoms with Crippen LogP contribution in [0.4, 0.5) is 28.7 Å². The Bertz CT molecular complexity index is 3210. The quantitative estimate of drug-likeness (QED) is 0.136. The second-order valence-corrected chi connectivity index (χ2v) is 21.9. The molecule has 0 radical (unpaired) electrons.